The zero-order chi connectivity index (χ0) is 9.84. The van der Waals surface area contributed by atoms with Gasteiger partial charge in [0.05, 0.1) is 32.1 Å². The first-order valence-electron chi connectivity index (χ1n) is 3.92. The van der Waals surface area contributed by atoms with Gasteiger partial charge in [-0.2, -0.15) is 0 Å². The van der Waals surface area contributed by atoms with E-state index in [0.29, 0.717) is 17.3 Å². The van der Waals surface area contributed by atoms with Gasteiger partial charge >= 0.3 is 0 Å². The molecule has 1 rings (SSSR count). The van der Waals surface area contributed by atoms with Gasteiger partial charge in [0.2, 0.25) is 5.88 Å². The third-order valence-corrected chi connectivity index (χ3v) is 1.81. The van der Waals surface area contributed by atoms with Gasteiger partial charge < -0.3 is 14.6 Å². The molecule has 0 amide bonds. The SMILES string of the molecule is COc1cc(CO)nc(OC)c1C. The molecule has 4 heteroatoms. The van der Waals surface area contributed by atoms with Crippen molar-refractivity contribution in [1.29, 1.82) is 0 Å². The first kappa shape index (κ1) is 9.80. The highest BCUT2D eigenvalue weighted by molar-refractivity contribution is 5.40. The van der Waals surface area contributed by atoms with Crippen LogP contribution in [0.4, 0.5) is 0 Å². The second-order valence-corrected chi connectivity index (χ2v) is 2.61. The number of rotatable bonds is 3. The first-order valence-corrected chi connectivity index (χ1v) is 3.92. The van der Waals surface area contributed by atoms with Crippen molar-refractivity contribution in [2.24, 2.45) is 0 Å². The lowest BCUT2D eigenvalue weighted by molar-refractivity contribution is 0.272. The van der Waals surface area contributed by atoms with Gasteiger partial charge in [0, 0.05) is 6.07 Å². The molecule has 0 aromatic carbocycles. The molecule has 0 spiro atoms. The molecule has 0 fully saturated rings. The number of hydrogen-bond donors (Lipinski definition) is 1. The zero-order valence-corrected chi connectivity index (χ0v) is 8.00. The molecule has 13 heavy (non-hydrogen) atoms. The third kappa shape index (κ3) is 1.89. The first-order chi connectivity index (χ1) is 6.22. The van der Waals surface area contributed by atoms with E-state index in [2.05, 4.69) is 4.98 Å². The lowest BCUT2D eigenvalue weighted by Gasteiger charge is -2.09. The monoisotopic (exact) mass is 183 g/mol. The maximum Gasteiger partial charge on any atom is 0.220 e. The number of aromatic nitrogens is 1. The minimum absolute atomic E-state index is 0.118. The van der Waals surface area contributed by atoms with Gasteiger partial charge in [0.1, 0.15) is 5.75 Å². The van der Waals surface area contributed by atoms with Crippen LogP contribution >= 0.6 is 0 Å². The predicted molar refractivity (Wildman–Crippen MR) is 48.0 cm³/mol. The molecular formula is C9H13NO3. The summed E-state index contributed by atoms with van der Waals surface area (Å²) in [5.41, 5.74) is 1.38. The molecule has 72 valence electrons. The van der Waals surface area contributed by atoms with Crippen LogP contribution in [0.5, 0.6) is 11.6 Å². The molecule has 0 unspecified atom stereocenters. The normalized spacial score (nSPS) is 9.85. The summed E-state index contributed by atoms with van der Waals surface area (Å²) in [6.45, 7) is 1.73. The molecule has 1 aromatic heterocycles. The fourth-order valence-electron chi connectivity index (χ4n) is 1.10. The highest BCUT2D eigenvalue weighted by atomic mass is 16.5. The molecular weight excluding hydrogens is 170 g/mol. The molecule has 0 bridgehead atoms. The topological polar surface area (TPSA) is 51.6 Å². The van der Waals surface area contributed by atoms with Crippen LogP contribution in [-0.4, -0.2) is 24.3 Å². The molecule has 1 aromatic rings. The minimum atomic E-state index is -0.118. The second kappa shape index (κ2) is 4.09. The fraction of sp³-hybridized carbons (Fsp3) is 0.444. The van der Waals surface area contributed by atoms with Crippen molar-refractivity contribution in [3.05, 3.63) is 17.3 Å². The lowest BCUT2D eigenvalue weighted by Crippen LogP contribution is -1.99. The Kier molecular flexibility index (Phi) is 3.08. The van der Waals surface area contributed by atoms with Crippen LogP contribution in [0.25, 0.3) is 0 Å². The van der Waals surface area contributed by atoms with E-state index in [9.17, 15) is 0 Å². The van der Waals surface area contributed by atoms with Crippen LogP contribution in [0.2, 0.25) is 0 Å². The molecule has 4 nitrogen and oxygen atoms in total. The Morgan fingerprint density at radius 1 is 1.38 bits per heavy atom. The van der Waals surface area contributed by atoms with Crippen LogP contribution in [0.3, 0.4) is 0 Å². The van der Waals surface area contributed by atoms with Crippen LogP contribution in [-0.2, 0) is 6.61 Å². The molecule has 0 atom stereocenters. The van der Waals surface area contributed by atoms with E-state index in [1.165, 1.54) is 7.11 Å². The average molecular weight is 183 g/mol. The van der Waals surface area contributed by atoms with Gasteiger partial charge in [0.25, 0.3) is 0 Å². The number of aliphatic hydroxyl groups is 1. The number of hydrogen-bond acceptors (Lipinski definition) is 4. The van der Waals surface area contributed by atoms with Crippen molar-refractivity contribution in [1.82, 2.24) is 4.98 Å². The van der Waals surface area contributed by atoms with E-state index in [4.69, 9.17) is 14.6 Å². The van der Waals surface area contributed by atoms with Gasteiger partial charge in [-0.05, 0) is 6.92 Å². The fourth-order valence-corrected chi connectivity index (χ4v) is 1.10. The van der Waals surface area contributed by atoms with E-state index in [1.807, 2.05) is 6.92 Å². The number of aliphatic hydroxyl groups excluding tert-OH is 1. The molecule has 0 aliphatic heterocycles. The average Bonchev–Trinajstić information content (AvgIpc) is 2.18. The number of pyridine rings is 1. The summed E-state index contributed by atoms with van der Waals surface area (Å²) in [7, 11) is 3.11. The quantitative estimate of drug-likeness (QED) is 0.756. The Bertz CT molecular complexity index is 274. The van der Waals surface area contributed by atoms with Crippen LogP contribution in [0.15, 0.2) is 6.07 Å². The standard InChI is InChI=1S/C9H13NO3/c1-6-8(12-2)4-7(5-11)10-9(6)13-3/h4,11H,5H2,1-3H3. The highest BCUT2D eigenvalue weighted by Gasteiger charge is 2.08. The van der Waals surface area contributed by atoms with Gasteiger partial charge in [-0.25, -0.2) is 4.98 Å². The van der Waals surface area contributed by atoms with E-state index in [-0.39, 0.29) is 6.61 Å². The Balaban J connectivity index is 3.20. The number of ether oxygens (including phenoxy) is 2. The summed E-state index contributed by atoms with van der Waals surface area (Å²) >= 11 is 0. The molecule has 0 saturated heterocycles. The number of methoxy groups -OCH3 is 2. The van der Waals surface area contributed by atoms with Crippen molar-refractivity contribution in [2.45, 2.75) is 13.5 Å². The minimum Gasteiger partial charge on any atom is -0.496 e. The van der Waals surface area contributed by atoms with Gasteiger partial charge in [0.15, 0.2) is 0 Å². The maximum absolute atomic E-state index is 8.89. The van der Waals surface area contributed by atoms with Crippen molar-refractivity contribution in [3.63, 3.8) is 0 Å². The summed E-state index contributed by atoms with van der Waals surface area (Å²) in [4.78, 5) is 4.07. The molecule has 0 radical (unpaired) electrons. The molecule has 0 aliphatic rings. The summed E-state index contributed by atoms with van der Waals surface area (Å²) in [6.07, 6.45) is 0. The van der Waals surface area contributed by atoms with E-state index in [1.54, 1.807) is 13.2 Å². The maximum atomic E-state index is 8.89. The molecule has 1 N–H and O–H groups in total. The van der Waals surface area contributed by atoms with Crippen molar-refractivity contribution in [3.8, 4) is 11.6 Å². The highest BCUT2D eigenvalue weighted by Crippen LogP contribution is 2.26. The smallest absolute Gasteiger partial charge is 0.220 e. The lowest BCUT2D eigenvalue weighted by atomic mass is 10.2. The summed E-state index contributed by atoms with van der Waals surface area (Å²) in [6, 6.07) is 1.69. The van der Waals surface area contributed by atoms with Gasteiger partial charge in [-0.3, -0.25) is 0 Å². The Morgan fingerprint density at radius 3 is 2.54 bits per heavy atom. The summed E-state index contributed by atoms with van der Waals surface area (Å²) < 4.78 is 10.1. The Morgan fingerprint density at radius 2 is 2.08 bits per heavy atom. The van der Waals surface area contributed by atoms with Gasteiger partial charge in [-0.1, -0.05) is 0 Å². The van der Waals surface area contributed by atoms with E-state index in [0.717, 1.165) is 5.56 Å². The zero-order valence-electron chi connectivity index (χ0n) is 8.00. The van der Waals surface area contributed by atoms with Crippen LogP contribution < -0.4 is 9.47 Å². The third-order valence-electron chi connectivity index (χ3n) is 1.81. The Hall–Kier alpha value is -1.29. The largest absolute Gasteiger partial charge is 0.496 e. The summed E-state index contributed by atoms with van der Waals surface area (Å²) in [5.74, 6) is 1.17. The van der Waals surface area contributed by atoms with Crippen LogP contribution in [0.1, 0.15) is 11.3 Å². The van der Waals surface area contributed by atoms with Crippen molar-refractivity contribution < 1.29 is 14.6 Å². The Labute approximate surface area is 77.1 Å². The van der Waals surface area contributed by atoms with Crippen LogP contribution in [0, 0.1) is 6.92 Å². The van der Waals surface area contributed by atoms with Crippen molar-refractivity contribution >= 4 is 0 Å². The second-order valence-electron chi connectivity index (χ2n) is 2.61. The van der Waals surface area contributed by atoms with Crippen molar-refractivity contribution in [2.75, 3.05) is 14.2 Å². The predicted octanol–water partition coefficient (Wildman–Crippen LogP) is 0.900. The molecule has 1 heterocycles. The van der Waals surface area contributed by atoms with E-state index >= 15 is 0 Å². The number of nitrogens with zero attached hydrogens (tertiary/aromatic N) is 1. The van der Waals surface area contributed by atoms with Gasteiger partial charge in [-0.15, -0.1) is 0 Å². The molecule has 0 saturated carbocycles. The van der Waals surface area contributed by atoms with E-state index < -0.39 is 0 Å². The summed E-state index contributed by atoms with van der Waals surface area (Å²) in [5, 5.41) is 8.89. The molecule has 0 aliphatic carbocycles.